The number of esters is 1. The van der Waals surface area contributed by atoms with Crippen LogP contribution in [0.25, 0.3) is 6.08 Å². The van der Waals surface area contributed by atoms with Gasteiger partial charge in [0.05, 0.1) is 6.61 Å². The maximum atomic E-state index is 11.4. The van der Waals surface area contributed by atoms with E-state index in [1.165, 1.54) is 25.3 Å². The van der Waals surface area contributed by atoms with E-state index in [-0.39, 0.29) is 5.97 Å². The molecular formula is C14H16O2. The smallest absolute Gasteiger partial charge is 0.330 e. The Morgan fingerprint density at radius 2 is 2.06 bits per heavy atom. The van der Waals surface area contributed by atoms with Crippen molar-refractivity contribution >= 4 is 12.0 Å². The largest absolute Gasteiger partial charge is 0.462 e. The highest BCUT2D eigenvalue weighted by Gasteiger charge is 2.18. The number of carbonyl (C=O) groups is 1. The molecule has 1 fully saturated rings. The van der Waals surface area contributed by atoms with E-state index in [2.05, 4.69) is 0 Å². The highest BCUT2D eigenvalue weighted by atomic mass is 16.5. The molecule has 2 heteroatoms. The summed E-state index contributed by atoms with van der Waals surface area (Å²) in [6.45, 7) is 0.581. The van der Waals surface area contributed by atoms with E-state index >= 15 is 0 Å². The summed E-state index contributed by atoms with van der Waals surface area (Å²) in [5, 5.41) is 0. The number of benzene rings is 1. The molecule has 16 heavy (non-hydrogen) atoms. The second kappa shape index (κ2) is 5.50. The van der Waals surface area contributed by atoms with Gasteiger partial charge in [-0.1, -0.05) is 36.8 Å². The summed E-state index contributed by atoms with van der Waals surface area (Å²) in [6.07, 6.45) is 6.96. The molecule has 0 saturated heterocycles. The zero-order valence-corrected chi connectivity index (χ0v) is 9.26. The van der Waals surface area contributed by atoms with Crippen LogP contribution in [-0.4, -0.2) is 12.6 Å². The summed E-state index contributed by atoms with van der Waals surface area (Å²) in [5.41, 5.74) is 1.02. The van der Waals surface area contributed by atoms with Gasteiger partial charge < -0.3 is 4.74 Å². The number of carbonyl (C=O) groups excluding carboxylic acids is 1. The van der Waals surface area contributed by atoms with Crippen LogP contribution < -0.4 is 0 Å². The molecule has 0 heterocycles. The fourth-order valence-corrected chi connectivity index (χ4v) is 1.64. The van der Waals surface area contributed by atoms with Crippen LogP contribution in [-0.2, 0) is 9.53 Å². The van der Waals surface area contributed by atoms with Gasteiger partial charge in [0.25, 0.3) is 0 Å². The first-order chi connectivity index (χ1) is 7.84. The maximum Gasteiger partial charge on any atom is 0.330 e. The van der Waals surface area contributed by atoms with E-state index in [4.69, 9.17) is 4.74 Å². The summed E-state index contributed by atoms with van der Waals surface area (Å²) >= 11 is 0. The Morgan fingerprint density at radius 1 is 1.31 bits per heavy atom. The lowest BCUT2D eigenvalue weighted by Gasteiger charge is -2.24. The zero-order chi connectivity index (χ0) is 11.2. The SMILES string of the molecule is O=C(/C=C/c1ccccc1)OCC1CCC1. The third kappa shape index (κ3) is 3.23. The van der Waals surface area contributed by atoms with E-state index < -0.39 is 0 Å². The minimum atomic E-state index is -0.240. The van der Waals surface area contributed by atoms with Crippen LogP contribution in [0.4, 0.5) is 0 Å². The Morgan fingerprint density at radius 3 is 2.69 bits per heavy atom. The molecule has 0 unspecified atom stereocenters. The molecule has 1 aliphatic rings. The van der Waals surface area contributed by atoms with Crippen molar-refractivity contribution in [3.63, 3.8) is 0 Å². The molecule has 1 aromatic carbocycles. The molecule has 2 nitrogen and oxygen atoms in total. The van der Waals surface area contributed by atoms with Crippen LogP contribution in [0.1, 0.15) is 24.8 Å². The highest BCUT2D eigenvalue weighted by Crippen LogP contribution is 2.26. The molecule has 0 atom stereocenters. The zero-order valence-electron chi connectivity index (χ0n) is 9.26. The number of ether oxygens (including phenoxy) is 1. The number of rotatable bonds is 4. The normalized spacial score (nSPS) is 16.0. The molecule has 84 valence electrons. The molecule has 0 N–H and O–H groups in total. The average Bonchev–Trinajstić information content (AvgIpc) is 2.26. The van der Waals surface area contributed by atoms with E-state index in [0.29, 0.717) is 12.5 Å². The lowest BCUT2D eigenvalue weighted by Crippen LogP contribution is -2.19. The number of hydrogen-bond acceptors (Lipinski definition) is 2. The van der Waals surface area contributed by atoms with Gasteiger partial charge in [-0.05, 0) is 30.4 Å². The van der Waals surface area contributed by atoms with Gasteiger partial charge in [0.1, 0.15) is 0 Å². The molecular weight excluding hydrogens is 200 g/mol. The minimum Gasteiger partial charge on any atom is -0.462 e. The summed E-state index contributed by atoms with van der Waals surface area (Å²) in [6, 6.07) is 9.75. The van der Waals surface area contributed by atoms with Crippen LogP contribution >= 0.6 is 0 Å². The first-order valence-corrected chi connectivity index (χ1v) is 5.74. The molecule has 1 aromatic rings. The van der Waals surface area contributed by atoms with Crippen LogP contribution in [0.5, 0.6) is 0 Å². The fraction of sp³-hybridized carbons (Fsp3) is 0.357. The van der Waals surface area contributed by atoms with Gasteiger partial charge in [-0.2, -0.15) is 0 Å². The Balaban J connectivity index is 1.75. The second-order valence-electron chi connectivity index (χ2n) is 4.17. The highest BCUT2D eigenvalue weighted by molar-refractivity contribution is 5.87. The molecule has 0 spiro atoms. The topological polar surface area (TPSA) is 26.3 Å². The average molecular weight is 216 g/mol. The Labute approximate surface area is 95.9 Å². The van der Waals surface area contributed by atoms with Crippen molar-refractivity contribution in [2.24, 2.45) is 5.92 Å². The predicted octanol–water partition coefficient (Wildman–Crippen LogP) is 3.04. The van der Waals surface area contributed by atoms with Crippen molar-refractivity contribution in [1.29, 1.82) is 0 Å². The lowest BCUT2D eigenvalue weighted by molar-refractivity contribution is -0.139. The van der Waals surface area contributed by atoms with Crippen LogP contribution in [0.2, 0.25) is 0 Å². The molecule has 0 radical (unpaired) electrons. The molecule has 0 bridgehead atoms. The number of hydrogen-bond donors (Lipinski definition) is 0. The van der Waals surface area contributed by atoms with Crippen LogP contribution in [0.3, 0.4) is 0 Å². The monoisotopic (exact) mass is 216 g/mol. The Hall–Kier alpha value is -1.57. The Kier molecular flexibility index (Phi) is 3.76. The fourth-order valence-electron chi connectivity index (χ4n) is 1.64. The van der Waals surface area contributed by atoms with Crippen LogP contribution in [0, 0.1) is 5.92 Å². The summed E-state index contributed by atoms with van der Waals surface area (Å²) < 4.78 is 5.14. The van der Waals surface area contributed by atoms with Gasteiger partial charge in [0.2, 0.25) is 0 Å². The van der Waals surface area contributed by atoms with Gasteiger partial charge in [-0.25, -0.2) is 4.79 Å². The van der Waals surface area contributed by atoms with Crippen molar-refractivity contribution in [1.82, 2.24) is 0 Å². The van der Waals surface area contributed by atoms with Crippen molar-refractivity contribution < 1.29 is 9.53 Å². The predicted molar refractivity (Wildman–Crippen MR) is 63.8 cm³/mol. The first-order valence-electron chi connectivity index (χ1n) is 5.74. The van der Waals surface area contributed by atoms with E-state index in [9.17, 15) is 4.79 Å². The quantitative estimate of drug-likeness (QED) is 0.571. The summed E-state index contributed by atoms with van der Waals surface area (Å²) in [7, 11) is 0. The molecule has 1 aliphatic carbocycles. The van der Waals surface area contributed by atoms with E-state index in [1.807, 2.05) is 30.3 Å². The maximum absolute atomic E-state index is 11.4. The Bertz CT molecular complexity index is 364. The molecule has 1 saturated carbocycles. The second-order valence-corrected chi connectivity index (χ2v) is 4.17. The van der Waals surface area contributed by atoms with Crippen molar-refractivity contribution in [2.45, 2.75) is 19.3 Å². The molecule has 0 aromatic heterocycles. The third-order valence-electron chi connectivity index (χ3n) is 2.90. The summed E-state index contributed by atoms with van der Waals surface area (Å²) in [4.78, 5) is 11.4. The van der Waals surface area contributed by atoms with Gasteiger partial charge >= 0.3 is 5.97 Å². The van der Waals surface area contributed by atoms with E-state index in [0.717, 1.165) is 5.56 Å². The minimum absolute atomic E-state index is 0.240. The standard InChI is InChI=1S/C14H16O2/c15-14(16-11-13-7-4-8-13)10-9-12-5-2-1-3-6-12/h1-3,5-6,9-10,13H,4,7-8,11H2/b10-9+. The van der Waals surface area contributed by atoms with Crippen molar-refractivity contribution in [2.75, 3.05) is 6.61 Å². The van der Waals surface area contributed by atoms with E-state index in [1.54, 1.807) is 6.08 Å². The molecule has 0 amide bonds. The summed E-state index contributed by atoms with van der Waals surface area (Å²) in [5.74, 6) is 0.366. The van der Waals surface area contributed by atoms with Gasteiger partial charge in [-0.3, -0.25) is 0 Å². The lowest BCUT2D eigenvalue weighted by atomic mass is 9.86. The molecule has 2 rings (SSSR count). The first kappa shape index (κ1) is 10.9. The van der Waals surface area contributed by atoms with Crippen molar-refractivity contribution in [3.05, 3.63) is 42.0 Å². The van der Waals surface area contributed by atoms with Gasteiger partial charge in [0, 0.05) is 6.08 Å². The van der Waals surface area contributed by atoms with Gasteiger partial charge in [0.15, 0.2) is 0 Å². The van der Waals surface area contributed by atoms with Gasteiger partial charge in [-0.15, -0.1) is 0 Å². The third-order valence-corrected chi connectivity index (χ3v) is 2.90. The molecule has 0 aliphatic heterocycles. The van der Waals surface area contributed by atoms with Crippen molar-refractivity contribution in [3.8, 4) is 0 Å². The van der Waals surface area contributed by atoms with Crippen LogP contribution in [0.15, 0.2) is 36.4 Å².